The number of hydrogen-bond acceptors (Lipinski definition) is 6. The molecule has 0 amide bonds. The standard InChI is InChI=1S/2C3H6O3.H2O/c2*1-2-5-6-3-4-1;/h2*1-3H2;1H2. The van der Waals surface area contributed by atoms with Crippen LogP contribution in [-0.2, 0) is 29.0 Å². The van der Waals surface area contributed by atoms with E-state index in [1.165, 1.54) is 0 Å². The van der Waals surface area contributed by atoms with Crippen molar-refractivity contribution in [2.75, 3.05) is 40.0 Å². The Kier molecular flexibility index (Phi) is 9.59. The number of rotatable bonds is 0. The van der Waals surface area contributed by atoms with Crippen LogP contribution in [-0.4, -0.2) is 45.5 Å². The lowest BCUT2D eigenvalue weighted by Crippen LogP contribution is -2.14. The topological polar surface area (TPSA) is 86.9 Å². The molecule has 0 atom stereocenters. The molecule has 0 spiro atoms. The third-order valence-corrected chi connectivity index (χ3v) is 1.05. The average molecular weight is 198 g/mol. The van der Waals surface area contributed by atoms with Crippen LogP contribution in [0, 0.1) is 0 Å². The largest absolute Gasteiger partial charge is 0.412 e. The summed E-state index contributed by atoms with van der Waals surface area (Å²) in [6, 6.07) is 0. The average Bonchev–Trinajstić information content (AvgIpc) is 2.24. The molecule has 13 heavy (non-hydrogen) atoms. The Hall–Kier alpha value is -0.280. The molecule has 2 heterocycles. The van der Waals surface area contributed by atoms with Crippen molar-refractivity contribution in [1.29, 1.82) is 0 Å². The van der Waals surface area contributed by atoms with Gasteiger partial charge < -0.3 is 14.9 Å². The number of hydrogen-bond donors (Lipinski definition) is 0. The zero-order chi connectivity index (χ0) is 8.49. The smallest absolute Gasteiger partial charge is 0.180 e. The van der Waals surface area contributed by atoms with Crippen molar-refractivity contribution in [3.63, 3.8) is 0 Å². The van der Waals surface area contributed by atoms with Crippen molar-refractivity contribution in [3.8, 4) is 0 Å². The first-order valence-corrected chi connectivity index (χ1v) is 3.64. The van der Waals surface area contributed by atoms with Crippen LogP contribution in [0.2, 0.25) is 0 Å². The molecule has 0 unspecified atom stereocenters. The van der Waals surface area contributed by atoms with Crippen LogP contribution in [0.15, 0.2) is 0 Å². The fourth-order valence-corrected chi connectivity index (χ4v) is 0.558. The minimum atomic E-state index is 0. The van der Waals surface area contributed by atoms with Gasteiger partial charge in [-0.15, -0.1) is 0 Å². The van der Waals surface area contributed by atoms with Gasteiger partial charge >= 0.3 is 0 Å². The van der Waals surface area contributed by atoms with Crippen LogP contribution < -0.4 is 0 Å². The van der Waals surface area contributed by atoms with Gasteiger partial charge in [0.25, 0.3) is 0 Å². The predicted molar refractivity (Wildman–Crippen MR) is 39.3 cm³/mol. The lowest BCUT2D eigenvalue weighted by molar-refractivity contribution is -0.373. The maximum Gasteiger partial charge on any atom is 0.180 e. The maximum atomic E-state index is 4.72. The second-order valence-corrected chi connectivity index (χ2v) is 1.93. The van der Waals surface area contributed by atoms with E-state index in [0.717, 1.165) is 0 Å². The number of ether oxygens (including phenoxy) is 2. The first kappa shape index (κ1) is 12.7. The zero-order valence-corrected chi connectivity index (χ0v) is 7.19. The summed E-state index contributed by atoms with van der Waals surface area (Å²) >= 11 is 0. The predicted octanol–water partition coefficient (Wildman–Crippen LogP) is -0.980. The molecule has 0 bridgehead atoms. The van der Waals surface area contributed by atoms with E-state index in [9.17, 15) is 0 Å². The van der Waals surface area contributed by atoms with Crippen molar-refractivity contribution in [1.82, 2.24) is 0 Å². The molecule has 0 aromatic carbocycles. The fourth-order valence-electron chi connectivity index (χ4n) is 0.558. The highest BCUT2D eigenvalue weighted by Gasteiger charge is 1.95. The van der Waals surface area contributed by atoms with Crippen molar-refractivity contribution in [2.24, 2.45) is 0 Å². The molecule has 2 aliphatic rings. The van der Waals surface area contributed by atoms with E-state index in [0.29, 0.717) is 26.4 Å². The van der Waals surface area contributed by atoms with Crippen molar-refractivity contribution < 1.29 is 34.5 Å². The van der Waals surface area contributed by atoms with Crippen LogP contribution in [0.1, 0.15) is 0 Å². The van der Waals surface area contributed by atoms with Gasteiger partial charge in [-0.2, -0.15) is 0 Å². The van der Waals surface area contributed by atoms with Gasteiger partial charge in [-0.05, 0) is 0 Å². The van der Waals surface area contributed by atoms with Gasteiger partial charge in [0.05, 0.1) is 13.2 Å². The highest BCUT2D eigenvalue weighted by molar-refractivity contribution is 4.22. The van der Waals surface area contributed by atoms with Crippen LogP contribution in [0.5, 0.6) is 0 Å². The summed E-state index contributed by atoms with van der Waals surface area (Å²) in [6.07, 6.45) is 0. The highest BCUT2D eigenvalue weighted by atomic mass is 17.2. The Morgan fingerprint density at radius 1 is 0.538 bits per heavy atom. The molecule has 0 aromatic rings. The lowest BCUT2D eigenvalue weighted by Gasteiger charge is -2.08. The molecule has 2 N–H and O–H groups in total. The van der Waals surface area contributed by atoms with E-state index in [2.05, 4.69) is 19.6 Å². The van der Waals surface area contributed by atoms with Gasteiger partial charge in [-0.25, -0.2) is 19.6 Å². The molecule has 7 nitrogen and oxygen atoms in total. The fraction of sp³-hybridized carbons (Fsp3) is 1.00. The molecule has 0 saturated carbocycles. The first-order valence-electron chi connectivity index (χ1n) is 3.64. The van der Waals surface area contributed by atoms with Gasteiger partial charge in [0.15, 0.2) is 13.6 Å². The summed E-state index contributed by atoms with van der Waals surface area (Å²) in [7, 11) is 0. The van der Waals surface area contributed by atoms with E-state index in [1.807, 2.05) is 0 Å². The Balaban J connectivity index is 0.000000206. The lowest BCUT2D eigenvalue weighted by atomic mass is 10.8. The third kappa shape index (κ3) is 8.06. The SMILES string of the molecule is C1COOCO1.C1COOCO1.O. The molecule has 2 rings (SSSR count). The Morgan fingerprint density at radius 2 is 1.00 bits per heavy atom. The summed E-state index contributed by atoms with van der Waals surface area (Å²) in [6.45, 7) is 2.97. The van der Waals surface area contributed by atoms with Crippen molar-refractivity contribution in [2.45, 2.75) is 0 Å². The Morgan fingerprint density at radius 3 is 1.08 bits per heavy atom. The van der Waals surface area contributed by atoms with Gasteiger partial charge in [0.1, 0.15) is 13.2 Å². The molecule has 0 aromatic heterocycles. The molecule has 7 heteroatoms. The third-order valence-electron chi connectivity index (χ3n) is 1.05. The van der Waals surface area contributed by atoms with E-state index in [4.69, 9.17) is 9.47 Å². The van der Waals surface area contributed by atoms with Gasteiger partial charge in [-0.3, -0.25) is 0 Å². The minimum Gasteiger partial charge on any atom is -0.412 e. The molecule has 2 aliphatic heterocycles. The molecular weight excluding hydrogens is 184 g/mol. The molecule has 0 radical (unpaired) electrons. The highest BCUT2D eigenvalue weighted by Crippen LogP contribution is 1.88. The van der Waals surface area contributed by atoms with E-state index >= 15 is 0 Å². The van der Waals surface area contributed by atoms with Crippen LogP contribution >= 0.6 is 0 Å². The molecule has 2 fully saturated rings. The molecule has 0 aliphatic carbocycles. The van der Waals surface area contributed by atoms with Crippen molar-refractivity contribution >= 4 is 0 Å². The van der Waals surface area contributed by atoms with Gasteiger partial charge in [-0.1, -0.05) is 0 Å². The maximum absolute atomic E-state index is 4.72. The van der Waals surface area contributed by atoms with E-state index in [1.54, 1.807) is 0 Å². The normalized spacial score (nSPS) is 22.2. The zero-order valence-electron chi connectivity index (χ0n) is 7.19. The Labute approximate surface area is 75.6 Å². The second kappa shape index (κ2) is 9.81. The monoisotopic (exact) mass is 198 g/mol. The quantitative estimate of drug-likeness (QED) is 0.465. The summed E-state index contributed by atoms with van der Waals surface area (Å²) in [5, 5.41) is 0. The minimum absolute atomic E-state index is 0. The Bertz CT molecular complexity index is 56.0. The van der Waals surface area contributed by atoms with E-state index < -0.39 is 0 Å². The first-order chi connectivity index (χ1) is 6.00. The second-order valence-electron chi connectivity index (χ2n) is 1.93. The van der Waals surface area contributed by atoms with Crippen LogP contribution in [0.3, 0.4) is 0 Å². The summed E-state index contributed by atoms with van der Waals surface area (Å²) in [5.74, 6) is 0. The molecule has 2 saturated heterocycles. The van der Waals surface area contributed by atoms with Gasteiger partial charge in [0.2, 0.25) is 0 Å². The summed E-state index contributed by atoms with van der Waals surface area (Å²) < 4.78 is 9.44. The van der Waals surface area contributed by atoms with Gasteiger partial charge in [0, 0.05) is 0 Å². The molecule has 80 valence electrons. The summed E-state index contributed by atoms with van der Waals surface area (Å²) in [5.41, 5.74) is 0. The van der Waals surface area contributed by atoms with Crippen LogP contribution in [0.4, 0.5) is 0 Å². The molecular formula is C6H14O7. The van der Waals surface area contributed by atoms with Crippen LogP contribution in [0.25, 0.3) is 0 Å². The van der Waals surface area contributed by atoms with E-state index in [-0.39, 0.29) is 19.1 Å². The summed E-state index contributed by atoms with van der Waals surface area (Å²) in [4.78, 5) is 17.6. The van der Waals surface area contributed by atoms with Crippen molar-refractivity contribution in [3.05, 3.63) is 0 Å².